The first-order valence-corrected chi connectivity index (χ1v) is 7.58. The Labute approximate surface area is 141 Å². The Morgan fingerprint density at radius 3 is 2.50 bits per heavy atom. The quantitative estimate of drug-likeness (QED) is 0.831. The predicted molar refractivity (Wildman–Crippen MR) is 81.9 cm³/mol. The molecule has 0 unspecified atom stereocenters. The number of aryl methyl sites for hydroxylation is 4. The van der Waals surface area contributed by atoms with Crippen LogP contribution in [0, 0.1) is 13.8 Å². The van der Waals surface area contributed by atoms with E-state index < -0.39 is 11.9 Å². The molecule has 6 nitrogen and oxygen atoms in total. The van der Waals surface area contributed by atoms with Gasteiger partial charge in [-0.2, -0.15) is 23.4 Å². The highest BCUT2D eigenvalue weighted by Gasteiger charge is 2.34. The number of carbonyl (C=O) groups excluding carboxylic acids is 1. The van der Waals surface area contributed by atoms with Crippen molar-refractivity contribution in [3.05, 3.63) is 33.9 Å². The summed E-state index contributed by atoms with van der Waals surface area (Å²) in [6.07, 6.45) is -4.03. The Morgan fingerprint density at radius 1 is 1.33 bits per heavy atom. The van der Waals surface area contributed by atoms with E-state index in [2.05, 4.69) is 15.5 Å². The monoisotopic (exact) mass is 363 g/mol. The average molecular weight is 364 g/mol. The van der Waals surface area contributed by atoms with E-state index in [1.165, 1.54) is 9.36 Å². The summed E-state index contributed by atoms with van der Waals surface area (Å²) in [4.78, 5) is 12.1. The van der Waals surface area contributed by atoms with Gasteiger partial charge in [0.15, 0.2) is 5.69 Å². The molecule has 2 rings (SSSR count). The van der Waals surface area contributed by atoms with Crippen molar-refractivity contribution in [3.63, 3.8) is 0 Å². The van der Waals surface area contributed by atoms with Gasteiger partial charge in [0, 0.05) is 25.8 Å². The summed E-state index contributed by atoms with van der Waals surface area (Å²) in [5, 5.41) is 10.5. The van der Waals surface area contributed by atoms with Crippen LogP contribution in [0.4, 0.5) is 13.2 Å². The molecule has 10 heteroatoms. The Hall–Kier alpha value is -2.03. The van der Waals surface area contributed by atoms with E-state index >= 15 is 0 Å². The number of nitrogens with one attached hydrogen (secondary N) is 1. The largest absolute Gasteiger partial charge is 0.435 e. The molecule has 0 aliphatic rings. The van der Waals surface area contributed by atoms with E-state index in [1.807, 2.05) is 0 Å². The molecule has 2 aromatic rings. The highest BCUT2D eigenvalue weighted by Crippen LogP contribution is 2.28. The number of carbonyl (C=O) groups is 1. The normalized spacial score (nSPS) is 11.8. The molecule has 0 aliphatic heterocycles. The first-order chi connectivity index (χ1) is 11.1. The van der Waals surface area contributed by atoms with Gasteiger partial charge in [0.2, 0.25) is 0 Å². The second kappa shape index (κ2) is 6.84. The maximum Gasteiger partial charge on any atom is 0.435 e. The lowest BCUT2D eigenvalue weighted by atomic mass is 10.3. The molecule has 132 valence electrons. The number of hydrogen-bond acceptors (Lipinski definition) is 3. The summed E-state index contributed by atoms with van der Waals surface area (Å²) in [6, 6.07) is 0.997. The first-order valence-electron chi connectivity index (χ1n) is 7.20. The molecule has 0 atom stereocenters. The zero-order valence-electron chi connectivity index (χ0n) is 13.4. The van der Waals surface area contributed by atoms with Gasteiger partial charge >= 0.3 is 6.18 Å². The smallest absolute Gasteiger partial charge is 0.351 e. The van der Waals surface area contributed by atoms with Gasteiger partial charge in [-0.25, -0.2) is 0 Å². The Morgan fingerprint density at radius 2 is 2.00 bits per heavy atom. The fraction of sp³-hybridized carbons (Fsp3) is 0.500. The van der Waals surface area contributed by atoms with Crippen LogP contribution in [0.2, 0.25) is 5.02 Å². The zero-order valence-corrected chi connectivity index (χ0v) is 14.2. The standard InChI is InChI=1S/C14H17ClF3N5O/c1-8-7-10(14(16,17)18)21-23(8)6-4-5-19-13(24)12-11(15)9(2)20-22(12)3/h7H,4-6H2,1-3H3,(H,19,24). The van der Waals surface area contributed by atoms with Crippen LogP contribution in [0.1, 0.15) is 34.0 Å². The summed E-state index contributed by atoms with van der Waals surface area (Å²) in [5.74, 6) is -0.378. The number of alkyl halides is 3. The molecule has 0 aliphatic carbocycles. The van der Waals surface area contributed by atoms with Gasteiger partial charge in [-0.3, -0.25) is 14.2 Å². The fourth-order valence-electron chi connectivity index (χ4n) is 2.27. The Kier molecular flexibility index (Phi) is 5.22. The lowest BCUT2D eigenvalue weighted by Gasteiger charge is -2.07. The van der Waals surface area contributed by atoms with E-state index in [0.717, 1.165) is 6.07 Å². The topological polar surface area (TPSA) is 64.7 Å². The maximum atomic E-state index is 12.6. The predicted octanol–water partition coefficient (Wildman–Crippen LogP) is 2.73. The Bertz CT molecular complexity index is 750. The van der Waals surface area contributed by atoms with E-state index in [1.54, 1.807) is 20.9 Å². The summed E-state index contributed by atoms with van der Waals surface area (Å²) in [7, 11) is 1.61. The molecule has 24 heavy (non-hydrogen) atoms. The SMILES string of the molecule is Cc1nn(C)c(C(=O)NCCCn2nc(C(F)(F)F)cc2C)c1Cl. The fourth-order valence-corrected chi connectivity index (χ4v) is 2.51. The van der Waals surface area contributed by atoms with Gasteiger partial charge in [0.25, 0.3) is 5.91 Å². The van der Waals surface area contributed by atoms with E-state index in [0.29, 0.717) is 17.8 Å². The van der Waals surface area contributed by atoms with Crippen molar-refractivity contribution in [2.75, 3.05) is 6.54 Å². The third-order valence-electron chi connectivity index (χ3n) is 3.47. The van der Waals surface area contributed by atoms with Crippen molar-refractivity contribution in [1.29, 1.82) is 0 Å². The van der Waals surface area contributed by atoms with Crippen molar-refractivity contribution in [2.45, 2.75) is 33.0 Å². The summed E-state index contributed by atoms with van der Waals surface area (Å²) < 4.78 is 40.4. The number of nitrogens with zero attached hydrogens (tertiary/aromatic N) is 4. The zero-order chi connectivity index (χ0) is 18.1. The summed E-state index contributed by atoms with van der Waals surface area (Å²) >= 11 is 6.02. The number of hydrogen-bond donors (Lipinski definition) is 1. The summed E-state index contributed by atoms with van der Waals surface area (Å²) in [6.45, 7) is 3.79. The number of rotatable bonds is 5. The van der Waals surface area contributed by atoms with Crippen LogP contribution in [-0.2, 0) is 19.8 Å². The minimum absolute atomic E-state index is 0.254. The van der Waals surface area contributed by atoms with Crippen LogP contribution in [-0.4, -0.2) is 32.0 Å². The molecule has 0 saturated heterocycles. The lowest BCUT2D eigenvalue weighted by molar-refractivity contribution is -0.141. The molecule has 0 saturated carbocycles. The van der Waals surface area contributed by atoms with Crippen LogP contribution < -0.4 is 5.32 Å². The molecule has 0 fully saturated rings. The molecular formula is C14H17ClF3N5O. The third kappa shape index (κ3) is 3.89. The number of aromatic nitrogens is 4. The number of halogens is 4. The van der Waals surface area contributed by atoms with Gasteiger partial charge in [-0.15, -0.1) is 0 Å². The molecular weight excluding hydrogens is 347 g/mol. The second-order valence-electron chi connectivity index (χ2n) is 5.37. The third-order valence-corrected chi connectivity index (χ3v) is 3.92. The molecule has 0 aromatic carbocycles. The van der Waals surface area contributed by atoms with Crippen LogP contribution in [0.3, 0.4) is 0 Å². The van der Waals surface area contributed by atoms with E-state index in [4.69, 9.17) is 11.6 Å². The van der Waals surface area contributed by atoms with Gasteiger partial charge in [-0.1, -0.05) is 11.6 Å². The highest BCUT2D eigenvalue weighted by atomic mass is 35.5. The molecule has 0 radical (unpaired) electrons. The molecule has 0 spiro atoms. The van der Waals surface area contributed by atoms with Gasteiger partial charge in [0.05, 0.1) is 10.7 Å². The van der Waals surface area contributed by atoms with E-state index in [-0.39, 0.29) is 29.7 Å². The van der Waals surface area contributed by atoms with Gasteiger partial charge in [-0.05, 0) is 26.3 Å². The molecule has 2 aromatic heterocycles. The van der Waals surface area contributed by atoms with Crippen LogP contribution in [0.25, 0.3) is 0 Å². The van der Waals surface area contributed by atoms with Crippen molar-refractivity contribution in [1.82, 2.24) is 24.9 Å². The van der Waals surface area contributed by atoms with Gasteiger partial charge in [0.1, 0.15) is 5.69 Å². The van der Waals surface area contributed by atoms with Crippen molar-refractivity contribution < 1.29 is 18.0 Å². The second-order valence-corrected chi connectivity index (χ2v) is 5.75. The van der Waals surface area contributed by atoms with Crippen molar-refractivity contribution in [3.8, 4) is 0 Å². The van der Waals surface area contributed by atoms with Crippen LogP contribution >= 0.6 is 11.6 Å². The first kappa shape index (κ1) is 18.3. The molecule has 0 bridgehead atoms. The van der Waals surface area contributed by atoms with Crippen LogP contribution in [0.15, 0.2) is 6.07 Å². The minimum atomic E-state index is -4.46. The van der Waals surface area contributed by atoms with Crippen LogP contribution in [0.5, 0.6) is 0 Å². The lowest BCUT2D eigenvalue weighted by Crippen LogP contribution is -2.27. The Balaban J connectivity index is 1.89. The molecule has 1 amide bonds. The molecule has 1 N–H and O–H groups in total. The highest BCUT2D eigenvalue weighted by molar-refractivity contribution is 6.34. The van der Waals surface area contributed by atoms with Crippen molar-refractivity contribution >= 4 is 17.5 Å². The number of amides is 1. The molecule has 2 heterocycles. The summed E-state index contributed by atoms with van der Waals surface area (Å²) in [5.41, 5.74) is 0.306. The maximum absolute atomic E-state index is 12.6. The van der Waals surface area contributed by atoms with Gasteiger partial charge < -0.3 is 5.32 Å². The minimum Gasteiger partial charge on any atom is -0.351 e. The van der Waals surface area contributed by atoms with E-state index in [9.17, 15) is 18.0 Å². The van der Waals surface area contributed by atoms with Crippen molar-refractivity contribution in [2.24, 2.45) is 7.05 Å². The average Bonchev–Trinajstić information content (AvgIpc) is 2.95.